The quantitative estimate of drug-likeness (QED) is 0.709. The van der Waals surface area contributed by atoms with Crippen LogP contribution >= 0.6 is 0 Å². The number of nitrogens with one attached hydrogen (secondary N) is 2. The van der Waals surface area contributed by atoms with Crippen LogP contribution in [0.4, 0.5) is 23.3 Å². The summed E-state index contributed by atoms with van der Waals surface area (Å²) < 4.78 is 10.7. The monoisotopic (exact) mass is 325 g/mol. The maximum atomic E-state index is 5.61. The molecular weight excluding hydrogens is 306 g/mol. The van der Waals surface area contributed by atoms with Crippen molar-refractivity contribution in [1.29, 1.82) is 0 Å². The minimum absolute atomic E-state index is 0.477. The summed E-state index contributed by atoms with van der Waals surface area (Å²) in [5, 5.41) is 10.2. The lowest BCUT2D eigenvalue weighted by atomic mass is 10.3. The standard InChI is InChI=1S/C17H19N5O2/c1-4-23-14-8-6-5-7-13(14)19-17-18-11(2)9-15(21-17)20-16-10-12(3)24-22-16/h5-10H,4H2,1-3H3,(H2,18,19,20,21,22). The molecule has 0 amide bonds. The SMILES string of the molecule is CCOc1ccccc1Nc1nc(C)cc(Nc2cc(C)on2)n1. The fraction of sp³-hybridized carbons (Fsp3) is 0.235. The van der Waals surface area contributed by atoms with Gasteiger partial charge in [-0.15, -0.1) is 0 Å². The van der Waals surface area contributed by atoms with Gasteiger partial charge in [-0.1, -0.05) is 17.3 Å². The van der Waals surface area contributed by atoms with Gasteiger partial charge in [-0.3, -0.25) is 0 Å². The van der Waals surface area contributed by atoms with E-state index in [1.54, 1.807) is 6.07 Å². The second-order valence-electron chi connectivity index (χ2n) is 5.22. The Morgan fingerprint density at radius 1 is 1.04 bits per heavy atom. The first-order valence-electron chi connectivity index (χ1n) is 7.69. The Morgan fingerprint density at radius 3 is 2.62 bits per heavy atom. The average Bonchev–Trinajstić information content (AvgIpc) is 2.94. The molecule has 0 atom stereocenters. The molecule has 3 aromatic rings. The van der Waals surface area contributed by atoms with Gasteiger partial charge < -0.3 is 19.9 Å². The third-order valence-corrected chi connectivity index (χ3v) is 3.17. The minimum atomic E-state index is 0.477. The van der Waals surface area contributed by atoms with Crippen molar-refractivity contribution in [2.75, 3.05) is 17.2 Å². The Kier molecular flexibility index (Phi) is 4.60. The molecule has 2 aromatic heterocycles. The molecule has 0 aliphatic heterocycles. The van der Waals surface area contributed by atoms with Gasteiger partial charge in [0, 0.05) is 17.8 Å². The molecule has 24 heavy (non-hydrogen) atoms. The number of benzene rings is 1. The number of ether oxygens (including phenoxy) is 1. The Labute approximate surface area is 140 Å². The number of hydrogen-bond donors (Lipinski definition) is 2. The van der Waals surface area contributed by atoms with E-state index in [2.05, 4.69) is 25.8 Å². The fourth-order valence-corrected chi connectivity index (χ4v) is 2.22. The van der Waals surface area contributed by atoms with E-state index in [4.69, 9.17) is 9.26 Å². The van der Waals surface area contributed by atoms with Gasteiger partial charge in [-0.25, -0.2) is 4.98 Å². The summed E-state index contributed by atoms with van der Waals surface area (Å²) in [5.41, 5.74) is 1.64. The highest BCUT2D eigenvalue weighted by molar-refractivity contribution is 5.64. The van der Waals surface area contributed by atoms with Crippen LogP contribution in [-0.4, -0.2) is 21.7 Å². The van der Waals surface area contributed by atoms with Crippen molar-refractivity contribution in [3.05, 3.63) is 47.9 Å². The van der Waals surface area contributed by atoms with Crippen molar-refractivity contribution in [2.24, 2.45) is 0 Å². The van der Waals surface area contributed by atoms with Crippen LogP contribution in [0.15, 0.2) is 40.9 Å². The van der Waals surface area contributed by atoms with Crippen molar-refractivity contribution in [3.63, 3.8) is 0 Å². The number of para-hydroxylation sites is 2. The number of aromatic nitrogens is 3. The van der Waals surface area contributed by atoms with Crippen molar-refractivity contribution in [3.8, 4) is 5.75 Å². The molecule has 0 radical (unpaired) electrons. The molecule has 0 saturated heterocycles. The minimum Gasteiger partial charge on any atom is -0.492 e. The molecule has 0 aliphatic carbocycles. The summed E-state index contributed by atoms with van der Waals surface area (Å²) in [6.45, 7) is 6.27. The third-order valence-electron chi connectivity index (χ3n) is 3.17. The van der Waals surface area contributed by atoms with Crippen LogP contribution < -0.4 is 15.4 Å². The van der Waals surface area contributed by atoms with E-state index in [0.717, 1.165) is 22.9 Å². The first-order valence-corrected chi connectivity index (χ1v) is 7.69. The van der Waals surface area contributed by atoms with Crippen LogP contribution in [-0.2, 0) is 0 Å². The second kappa shape index (κ2) is 6.99. The van der Waals surface area contributed by atoms with E-state index in [1.165, 1.54) is 0 Å². The molecule has 3 rings (SSSR count). The Balaban J connectivity index is 1.84. The predicted molar refractivity (Wildman–Crippen MR) is 92.2 cm³/mol. The largest absolute Gasteiger partial charge is 0.492 e. The molecule has 0 unspecified atom stereocenters. The van der Waals surface area contributed by atoms with Crippen LogP contribution in [0.3, 0.4) is 0 Å². The van der Waals surface area contributed by atoms with Crippen molar-refractivity contribution in [2.45, 2.75) is 20.8 Å². The van der Waals surface area contributed by atoms with Gasteiger partial charge >= 0.3 is 0 Å². The molecule has 0 saturated carbocycles. The summed E-state index contributed by atoms with van der Waals surface area (Å²) in [6.07, 6.45) is 0. The fourth-order valence-electron chi connectivity index (χ4n) is 2.22. The van der Waals surface area contributed by atoms with E-state index < -0.39 is 0 Å². The number of aryl methyl sites for hydroxylation is 2. The van der Waals surface area contributed by atoms with Crippen molar-refractivity contribution in [1.82, 2.24) is 15.1 Å². The molecule has 7 heteroatoms. The summed E-state index contributed by atoms with van der Waals surface area (Å²) >= 11 is 0. The van der Waals surface area contributed by atoms with Crippen LogP contribution in [0.2, 0.25) is 0 Å². The molecule has 0 aliphatic rings. The first-order chi connectivity index (χ1) is 11.6. The van der Waals surface area contributed by atoms with Gasteiger partial charge in [0.15, 0.2) is 5.82 Å². The smallest absolute Gasteiger partial charge is 0.229 e. The Hall–Kier alpha value is -3.09. The third kappa shape index (κ3) is 3.81. The lowest BCUT2D eigenvalue weighted by molar-refractivity contribution is 0.342. The summed E-state index contributed by atoms with van der Waals surface area (Å²) in [5.74, 6) is 3.20. The zero-order chi connectivity index (χ0) is 16.9. The van der Waals surface area contributed by atoms with E-state index >= 15 is 0 Å². The van der Waals surface area contributed by atoms with Crippen molar-refractivity contribution < 1.29 is 9.26 Å². The van der Waals surface area contributed by atoms with Gasteiger partial charge in [-0.2, -0.15) is 4.98 Å². The van der Waals surface area contributed by atoms with E-state index in [0.29, 0.717) is 24.2 Å². The molecule has 1 aromatic carbocycles. The predicted octanol–water partition coefficient (Wildman–Crippen LogP) is 3.97. The van der Waals surface area contributed by atoms with Gasteiger partial charge in [0.1, 0.15) is 17.3 Å². The number of rotatable bonds is 6. The molecular formula is C17H19N5O2. The highest BCUT2D eigenvalue weighted by Gasteiger charge is 2.08. The second-order valence-corrected chi connectivity index (χ2v) is 5.22. The zero-order valence-electron chi connectivity index (χ0n) is 13.8. The number of hydrogen-bond acceptors (Lipinski definition) is 7. The molecule has 2 N–H and O–H groups in total. The molecule has 0 fully saturated rings. The topological polar surface area (TPSA) is 85.1 Å². The summed E-state index contributed by atoms with van der Waals surface area (Å²) in [6, 6.07) is 11.3. The zero-order valence-corrected chi connectivity index (χ0v) is 13.8. The maximum absolute atomic E-state index is 5.61. The van der Waals surface area contributed by atoms with E-state index in [9.17, 15) is 0 Å². The lowest BCUT2D eigenvalue weighted by Gasteiger charge is -2.12. The van der Waals surface area contributed by atoms with E-state index in [1.807, 2.05) is 51.1 Å². The Bertz CT molecular complexity index is 831. The number of nitrogens with zero attached hydrogens (tertiary/aromatic N) is 3. The van der Waals surface area contributed by atoms with Crippen LogP contribution in [0.5, 0.6) is 5.75 Å². The number of anilines is 4. The van der Waals surface area contributed by atoms with Gasteiger partial charge in [-0.05, 0) is 32.9 Å². The maximum Gasteiger partial charge on any atom is 0.229 e. The van der Waals surface area contributed by atoms with E-state index in [-0.39, 0.29) is 0 Å². The molecule has 0 bridgehead atoms. The summed E-state index contributed by atoms with van der Waals surface area (Å²) in [4.78, 5) is 8.88. The molecule has 0 spiro atoms. The van der Waals surface area contributed by atoms with Gasteiger partial charge in [0.25, 0.3) is 0 Å². The lowest BCUT2D eigenvalue weighted by Crippen LogP contribution is -2.04. The first kappa shape index (κ1) is 15.8. The Morgan fingerprint density at radius 2 is 1.88 bits per heavy atom. The molecule has 124 valence electrons. The van der Waals surface area contributed by atoms with Crippen LogP contribution in [0, 0.1) is 13.8 Å². The highest BCUT2D eigenvalue weighted by Crippen LogP contribution is 2.27. The average molecular weight is 325 g/mol. The van der Waals surface area contributed by atoms with Crippen LogP contribution in [0.1, 0.15) is 18.4 Å². The van der Waals surface area contributed by atoms with Gasteiger partial charge in [0.05, 0.1) is 12.3 Å². The van der Waals surface area contributed by atoms with Crippen molar-refractivity contribution >= 4 is 23.3 Å². The summed E-state index contributed by atoms with van der Waals surface area (Å²) in [7, 11) is 0. The molecule has 7 nitrogen and oxygen atoms in total. The van der Waals surface area contributed by atoms with Gasteiger partial charge in [0.2, 0.25) is 5.95 Å². The normalized spacial score (nSPS) is 10.5. The van der Waals surface area contributed by atoms with Crippen LogP contribution in [0.25, 0.3) is 0 Å². The molecule has 2 heterocycles. The highest BCUT2D eigenvalue weighted by atomic mass is 16.5.